The van der Waals surface area contributed by atoms with E-state index in [2.05, 4.69) is 24.1 Å². The standard InChI is InChI=1S/C18H36N2O/c1-4-19-14-18(9-5-16(2)6-10-18)15-20-11-7-17(8-12-20)13-21-3/h16-17,19H,4-15H2,1-3H3. The van der Waals surface area contributed by atoms with Crippen LogP contribution in [0, 0.1) is 17.3 Å². The first-order chi connectivity index (χ1) is 10.2. The summed E-state index contributed by atoms with van der Waals surface area (Å²) in [7, 11) is 1.83. The Balaban J connectivity index is 1.84. The van der Waals surface area contributed by atoms with E-state index in [-0.39, 0.29) is 0 Å². The van der Waals surface area contributed by atoms with Crippen LogP contribution >= 0.6 is 0 Å². The highest BCUT2D eigenvalue weighted by Gasteiger charge is 2.36. The average molecular weight is 296 g/mol. The summed E-state index contributed by atoms with van der Waals surface area (Å²) in [5, 5.41) is 3.65. The molecule has 21 heavy (non-hydrogen) atoms. The molecule has 0 unspecified atom stereocenters. The first-order valence-electron chi connectivity index (χ1n) is 9.09. The number of nitrogens with one attached hydrogen (secondary N) is 1. The minimum atomic E-state index is 0.538. The van der Waals surface area contributed by atoms with Crippen molar-refractivity contribution in [3.05, 3.63) is 0 Å². The van der Waals surface area contributed by atoms with Crippen molar-refractivity contribution in [3.8, 4) is 0 Å². The Morgan fingerprint density at radius 3 is 2.38 bits per heavy atom. The van der Waals surface area contributed by atoms with Crippen LogP contribution in [0.5, 0.6) is 0 Å². The Morgan fingerprint density at radius 1 is 1.14 bits per heavy atom. The Morgan fingerprint density at radius 2 is 1.81 bits per heavy atom. The van der Waals surface area contributed by atoms with E-state index in [9.17, 15) is 0 Å². The molecule has 0 amide bonds. The van der Waals surface area contributed by atoms with Crippen molar-refractivity contribution in [1.82, 2.24) is 10.2 Å². The van der Waals surface area contributed by atoms with Crippen LogP contribution < -0.4 is 5.32 Å². The van der Waals surface area contributed by atoms with Gasteiger partial charge in [0.15, 0.2) is 0 Å². The number of ether oxygens (including phenoxy) is 1. The maximum Gasteiger partial charge on any atom is 0.0491 e. The van der Waals surface area contributed by atoms with Crippen LogP contribution in [0.2, 0.25) is 0 Å². The van der Waals surface area contributed by atoms with Gasteiger partial charge in [0.1, 0.15) is 0 Å². The lowest BCUT2D eigenvalue weighted by atomic mass is 9.70. The molecule has 0 aromatic heterocycles. The van der Waals surface area contributed by atoms with Gasteiger partial charge in [-0.05, 0) is 62.6 Å². The van der Waals surface area contributed by atoms with E-state index in [1.807, 2.05) is 7.11 Å². The summed E-state index contributed by atoms with van der Waals surface area (Å²) >= 11 is 0. The maximum absolute atomic E-state index is 5.32. The molecular formula is C18H36N2O. The van der Waals surface area contributed by atoms with Gasteiger partial charge >= 0.3 is 0 Å². The highest BCUT2D eigenvalue weighted by atomic mass is 16.5. The van der Waals surface area contributed by atoms with E-state index >= 15 is 0 Å². The van der Waals surface area contributed by atoms with Crippen molar-refractivity contribution >= 4 is 0 Å². The topological polar surface area (TPSA) is 24.5 Å². The summed E-state index contributed by atoms with van der Waals surface area (Å²) < 4.78 is 5.32. The summed E-state index contributed by atoms with van der Waals surface area (Å²) in [5.74, 6) is 1.73. The van der Waals surface area contributed by atoms with Crippen LogP contribution in [0.4, 0.5) is 0 Å². The van der Waals surface area contributed by atoms with Gasteiger partial charge in [0, 0.05) is 26.8 Å². The summed E-state index contributed by atoms with van der Waals surface area (Å²) in [5.41, 5.74) is 0.538. The normalized spacial score (nSPS) is 32.4. The molecule has 0 aromatic rings. The monoisotopic (exact) mass is 296 g/mol. The Labute approximate surface area is 131 Å². The summed E-state index contributed by atoms with van der Waals surface area (Å²) in [6, 6.07) is 0. The number of rotatable bonds is 7. The molecule has 124 valence electrons. The average Bonchev–Trinajstić information content (AvgIpc) is 2.51. The Hall–Kier alpha value is -0.120. The second kappa shape index (κ2) is 8.50. The number of hydrogen-bond donors (Lipinski definition) is 1. The molecule has 2 fully saturated rings. The fourth-order valence-corrected chi connectivity index (χ4v) is 4.18. The van der Waals surface area contributed by atoms with Gasteiger partial charge in [-0.15, -0.1) is 0 Å². The van der Waals surface area contributed by atoms with Crippen molar-refractivity contribution in [2.24, 2.45) is 17.3 Å². The number of nitrogens with zero attached hydrogens (tertiary/aromatic N) is 1. The highest BCUT2D eigenvalue weighted by molar-refractivity contribution is 4.90. The molecule has 0 atom stereocenters. The van der Waals surface area contributed by atoms with Gasteiger partial charge < -0.3 is 15.0 Å². The molecule has 3 nitrogen and oxygen atoms in total. The zero-order chi connectivity index (χ0) is 15.1. The third kappa shape index (κ3) is 5.22. The van der Waals surface area contributed by atoms with Crippen LogP contribution in [0.15, 0.2) is 0 Å². The lowest BCUT2D eigenvalue weighted by Gasteiger charge is -2.44. The van der Waals surface area contributed by atoms with Gasteiger partial charge in [-0.2, -0.15) is 0 Å². The lowest BCUT2D eigenvalue weighted by molar-refractivity contribution is 0.0501. The predicted molar refractivity (Wildman–Crippen MR) is 89.6 cm³/mol. The van der Waals surface area contributed by atoms with Crippen LogP contribution in [-0.2, 0) is 4.74 Å². The molecule has 1 aliphatic carbocycles. The fraction of sp³-hybridized carbons (Fsp3) is 1.00. The second-order valence-corrected chi connectivity index (χ2v) is 7.64. The molecule has 2 aliphatic rings. The largest absolute Gasteiger partial charge is 0.384 e. The quantitative estimate of drug-likeness (QED) is 0.781. The van der Waals surface area contributed by atoms with Crippen LogP contribution in [-0.4, -0.2) is 51.3 Å². The summed E-state index contributed by atoms with van der Waals surface area (Å²) in [6.45, 7) is 11.8. The van der Waals surface area contributed by atoms with Gasteiger partial charge in [0.05, 0.1) is 0 Å². The van der Waals surface area contributed by atoms with E-state index < -0.39 is 0 Å². The second-order valence-electron chi connectivity index (χ2n) is 7.64. The van der Waals surface area contributed by atoms with Gasteiger partial charge in [0.2, 0.25) is 0 Å². The molecule has 1 saturated carbocycles. The van der Waals surface area contributed by atoms with Crippen molar-refractivity contribution in [2.45, 2.75) is 52.4 Å². The fourth-order valence-electron chi connectivity index (χ4n) is 4.18. The highest BCUT2D eigenvalue weighted by Crippen LogP contribution is 2.39. The van der Waals surface area contributed by atoms with E-state index in [0.29, 0.717) is 5.41 Å². The molecule has 0 spiro atoms. The molecule has 1 N–H and O–H groups in total. The Kier molecular flexibility index (Phi) is 6.97. The third-order valence-electron chi connectivity index (χ3n) is 5.75. The van der Waals surface area contributed by atoms with E-state index in [1.165, 1.54) is 64.7 Å². The molecule has 0 radical (unpaired) electrons. The van der Waals surface area contributed by atoms with E-state index in [0.717, 1.165) is 25.0 Å². The molecule has 1 aliphatic heterocycles. The van der Waals surface area contributed by atoms with Crippen molar-refractivity contribution in [1.29, 1.82) is 0 Å². The number of piperidine rings is 1. The predicted octanol–water partition coefficient (Wildman–Crippen LogP) is 3.15. The van der Waals surface area contributed by atoms with E-state index in [4.69, 9.17) is 4.74 Å². The zero-order valence-electron chi connectivity index (χ0n) is 14.5. The number of hydrogen-bond acceptors (Lipinski definition) is 3. The van der Waals surface area contributed by atoms with Gasteiger partial charge in [-0.1, -0.05) is 26.7 Å². The third-order valence-corrected chi connectivity index (χ3v) is 5.75. The minimum Gasteiger partial charge on any atom is -0.384 e. The molecule has 1 saturated heterocycles. The van der Waals surface area contributed by atoms with E-state index in [1.54, 1.807) is 0 Å². The van der Waals surface area contributed by atoms with Gasteiger partial charge in [-0.3, -0.25) is 0 Å². The SMILES string of the molecule is CCNCC1(CN2CCC(COC)CC2)CCC(C)CC1. The lowest BCUT2D eigenvalue weighted by Crippen LogP contribution is -2.48. The molecule has 3 heteroatoms. The smallest absolute Gasteiger partial charge is 0.0491 e. The first kappa shape index (κ1) is 17.2. The summed E-state index contributed by atoms with van der Waals surface area (Å²) in [4.78, 5) is 2.74. The van der Waals surface area contributed by atoms with Crippen molar-refractivity contribution in [2.75, 3.05) is 46.4 Å². The molecule has 0 bridgehead atoms. The van der Waals surface area contributed by atoms with Crippen LogP contribution in [0.1, 0.15) is 52.4 Å². The molecule has 1 heterocycles. The molecule has 2 rings (SSSR count). The number of likely N-dealkylation sites (tertiary alicyclic amines) is 1. The first-order valence-corrected chi connectivity index (χ1v) is 9.09. The minimum absolute atomic E-state index is 0.538. The maximum atomic E-state index is 5.32. The molecular weight excluding hydrogens is 260 g/mol. The summed E-state index contributed by atoms with van der Waals surface area (Å²) in [6.07, 6.45) is 8.32. The molecule has 0 aromatic carbocycles. The number of methoxy groups -OCH3 is 1. The Bertz CT molecular complexity index is 273. The van der Waals surface area contributed by atoms with Crippen LogP contribution in [0.25, 0.3) is 0 Å². The van der Waals surface area contributed by atoms with Gasteiger partial charge in [-0.25, -0.2) is 0 Å². The van der Waals surface area contributed by atoms with Gasteiger partial charge in [0.25, 0.3) is 0 Å². The van der Waals surface area contributed by atoms with Crippen LogP contribution in [0.3, 0.4) is 0 Å². The van der Waals surface area contributed by atoms with Crippen molar-refractivity contribution in [3.63, 3.8) is 0 Å². The van der Waals surface area contributed by atoms with Crippen molar-refractivity contribution < 1.29 is 4.74 Å². The zero-order valence-corrected chi connectivity index (χ0v) is 14.5.